The molecule has 0 radical (unpaired) electrons. The van der Waals surface area contributed by atoms with E-state index in [1.165, 1.54) is 6.07 Å². The Balaban J connectivity index is 1.33. The van der Waals surface area contributed by atoms with Crippen molar-refractivity contribution in [3.8, 4) is 33.9 Å². The van der Waals surface area contributed by atoms with Crippen LogP contribution >= 0.6 is 0 Å². The summed E-state index contributed by atoms with van der Waals surface area (Å²) in [6.45, 7) is 9.86. The lowest BCUT2D eigenvalue weighted by Crippen LogP contribution is -2.51. The molecule has 8 nitrogen and oxygen atoms in total. The Morgan fingerprint density at radius 2 is 1.57 bits per heavy atom. The second kappa shape index (κ2) is 12.3. The molecule has 1 aliphatic heterocycles. The Bertz CT molecular complexity index is 1520. The fraction of sp³-hybridized carbons (Fsp3) is 0.344. The van der Waals surface area contributed by atoms with Crippen LogP contribution in [-0.2, 0) is 6.42 Å². The van der Waals surface area contributed by atoms with Gasteiger partial charge in [-0.1, -0.05) is 39.0 Å². The third kappa shape index (κ3) is 6.02. The van der Waals surface area contributed by atoms with Gasteiger partial charge in [-0.2, -0.15) is 0 Å². The number of hydrogen-bond acceptors (Lipinski definition) is 6. The number of nitrogens with one attached hydrogen (secondary N) is 1. The molecule has 1 amide bonds. The number of carbonyl (C=O) groups is 1. The summed E-state index contributed by atoms with van der Waals surface area (Å²) in [5.41, 5.74) is 5.06. The zero-order chi connectivity index (χ0) is 28.1. The number of H-pyrrole nitrogens is 1. The maximum absolute atomic E-state index is 13.2. The molecule has 1 aromatic carbocycles. The number of carbonyl (C=O) groups excluding carboxylic acids is 1. The SMILES string of the molecule is CCc1cccc(-c2nc(-c3cncc(-c4ccc(C(=O)N5CCN(C(CC)CC)CC5)cc4)c3)cc(=O)[nH]2)n1. The topological polar surface area (TPSA) is 95.1 Å². The number of aryl methyl sites for hydroxylation is 1. The molecule has 1 saturated heterocycles. The van der Waals surface area contributed by atoms with Crippen LogP contribution in [0.4, 0.5) is 0 Å². The standard InChI is InChI=1S/C32H36N6O2/c1-4-26-8-7-9-28(34-26)31-35-29(19-30(39)36-31)25-18-24(20-33-21-25)22-10-12-23(13-11-22)32(40)38-16-14-37(15-17-38)27(5-2)6-3/h7-13,18-21,27H,4-6,14-17H2,1-3H3,(H,35,36,39). The van der Waals surface area contributed by atoms with E-state index in [1.54, 1.807) is 12.4 Å². The van der Waals surface area contributed by atoms with E-state index in [0.29, 0.717) is 28.8 Å². The zero-order valence-corrected chi connectivity index (χ0v) is 23.4. The van der Waals surface area contributed by atoms with Crippen molar-refractivity contribution in [1.29, 1.82) is 0 Å². The number of amides is 1. The molecule has 0 bridgehead atoms. The summed E-state index contributed by atoms with van der Waals surface area (Å²) in [4.78, 5) is 46.6. The highest BCUT2D eigenvalue weighted by Gasteiger charge is 2.25. The molecule has 4 heterocycles. The van der Waals surface area contributed by atoms with Gasteiger partial charge in [0.15, 0.2) is 5.82 Å². The zero-order valence-electron chi connectivity index (χ0n) is 23.4. The minimum Gasteiger partial charge on any atom is -0.336 e. The van der Waals surface area contributed by atoms with Gasteiger partial charge < -0.3 is 9.88 Å². The van der Waals surface area contributed by atoms with E-state index in [2.05, 4.69) is 38.7 Å². The first-order valence-corrected chi connectivity index (χ1v) is 14.2. The number of benzene rings is 1. The lowest BCUT2D eigenvalue weighted by Gasteiger charge is -2.38. The van der Waals surface area contributed by atoms with E-state index in [4.69, 9.17) is 0 Å². The summed E-state index contributed by atoms with van der Waals surface area (Å²) >= 11 is 0. The minimum absolute atomic E-state index is 0.0728. The van der Waals surface area contributed by atoms with E-state index in [0.717, 1.165) is 67.8 Å². The number of piperazine rings is 1. The van der Waals surface area contributed by atoms with E-state index in [-0.39, 0.29) is 11.5 Å². The Morgan fingerprint density at radius 3 is 2.27 bits per heavy atom. The fourth-order valence-electron chi connectivity index (χ4n) is 5.36. The lowest BCUT2D eigenvalue weighted by atomic mass is 10.0. The van der Waals surface area contributed by atoms with Crippen molar-refractivity contribution in [2.75, 3.05) is 26.2 Å². The van der Waals surface area contributed by atoms with Crippen LogP contribution in [0.15, 0.2) is 71.8 Å². The second-order valence-electron chi connectivity index (χ2n) is 10.2. The molecule has 5 rings (SSSR count). The summed E-state index contributed by atoms with van der Waals surface area (Å²) in [6, 6.07) is 17.4. The first kappa shape index (κ1) is 27.4. The van der Waals surface area contributed by atoms with Gasteiger partial charge in [-0.15, -0.1) is 0 Å². The molecule has 0 saturated carbocycles. The number of rotatable bonds is 8. The summed E-state index contributed by atoms with van der Waals surface area (Å²) in [5.74, 6) is 0.496. The molecule has 0 unspecified atom stereocenters. The predicted octanol–water partition coefficient (Wildman–Crippen LogP) is 5.07. The average molecular weight is 537 g/mol. The number of aromatic nitrogens is 4. The van der Waals surface area contributed by atoms with Crippen molar-refractivity contribution in [3.63, 3.8) is 0 Å². The van der Waals surface area contributed by atoms with Crippen LogP contribution in [0, 0.1) is 0 Å². The van der Waals surface area contributed by atoms with Crippen molar-refractivity contribution in [3.05, 3.63) is 88.6 Å². The predicted molar refractivity (Wildman–Crippen MR) is 158 cm³/mol. The Morgan fingerprint density at radius 1 is 0.850 bits per heavy atom. The van der Waals surface area contributed by atoms with Gasteiger partial charge in [-0.3, -0.25) is 19.5 Å². The third-order valence-electron chi connectivity index (χ3n) is 7.71. The Hall–Kier alpha value is -4.17. The normalized spacial score (nSPS) is 14.1. The molecule has 1 aliphatic rings. The van der Waals surface area contributed by atoms with Crippen molar-refractivity contribution in [2.24, 2.45) is 0 Å². The van der Waals surface area contributed by atoms with Gasteiger partial charge in [0.05, 0.1) is 5.69 Å². The van der Waals surface area contributed by atoms with Crippen molar-refractivity contribution < 1.29 is 4.79 Å². The van der Waals surface area contributed by atoms with E-state index < -0.39 is 0 Å². The number of pyridine rings is 2. The van der Waals surface area contributed by atoms with Crippen LogP contribution in [0.3, 0.4) is 0 Å². The first-order valence-electron chi connectivity index (χ1n) is 14.2. The van der Waals surface area contributed by atoms with Crippen molar-refractivity contribution in [1.82, 2.24) is 29.7 Å². The van der Waals surface area contributed by atoms with Crippen LogP contribution in [-0.4, -0.2) is 67.9 Å². The molecule has 0 atom stereocenters. The maximum atomic E-state index is 13.2. The molecule has 40 heavy (non-hydrogen) atoms. The molecule has 1 N–H and O–H groups in total. The highest BCUT2D eigenvalue weighted by Crippen LogP contribution is 2.26. The highest BCUT2D eigenvalue weighted by molar-refractivity contribution is 5.94. The van der Waals surface area contributed by atoms with Gasteiger partial charge in [0, 0.05) is 73.1 Å². The number of aromatic amines is 1. The van der Waals surface area contributed by atoms with Gasteiger partial charge in [0.2, 0.25) is 0 Å². The van der Waals surface area contributed by atoms with Crippen LogP contribution in [0.1, 0.15) is 49.7 Å². The monoisotopic (exact) mass is 536 g/mol. The lowest BCUT2D eigenvalue weighted by molar-refractivity contribution is 0.0559. The molecule has 206 valence electrons. The average Bonchev–Trinajstić information content (AvgIpc) is 3.01. The molecule has 0 spiro atoms. The van der Waals surface area contributed by atoms with Gasteiger partial charge in [-0.25, -0.2) is 9.97 Å². The third-order valence-corrected chi connectivity index (χ3v) is 7.71. The largest absolute Gasteiger partial charge is 0.336 e. The van der Waals surface area contributed by atoms with Crippen LogP contribution in [0.25, 0.3) is 33.9 Å². The van der Waals surface area contributed by atoms with Gasteiger partial charge in [0.25, 0.3) is 11.5 Å². The number of nitrogens with zero attached hydrogens (tertiary/aromatic N) is 5. The summed E-state index contributed by atoms with van der Waals surface area (Å²) in [5, 5.41) is 0. The fourth-order valence-corrected chi connectivity index (χ4v) is 5.36. The van der Waals surface area contributed by atoms with E-state index in [9.17, 15) is 9.59 Å². The molecule has 0 aliphatic carbocycles. The molecular formula is C32H36N6O2. The van der Waals surface area contributed by atoms with E-state index >= 15 is 0 Å². The summed E-state index contributed by atoms with van der Waals surface area (Å²) in [6.07, 6.45) is 6.55. The Kier molecular flexibility index (Phi) is 8.45. The molecular weight excluding hydrogens is 500 g/mol. The molecule has 8 heteroatoms. The van der Waals surface area contributed by atoms with Crippen molar-refractivity contribution in [2.45, 2.75) is 46.1 Å². The Labute approximate surface area is 235 Å². The van der Waals surface area contributed by atoms with Crippen LogP contribution in [0.5, 0.6) is 0 Å². The summed E-state index contributed by atoms with van der Waals surface area (Å²) < 4.78 is 0. The molecule has 4 aromatic rings. The second-order valence-corrected chi connectivity index (χ2v) is 10.2. The number of hydrogen-bond donors (Lipinski definition) is 1. The van der Waals surface area contributed by atoms with Gasteiger partial charge in [0.1, 0.15) is 5.69 Å². The van der Waals surface area contributed by atoms with Crippen LogP contribution in [0.2, 0.25) is 0 Å². The minimum atomic E-state index is -0.252. The van der Waals surface area contributed by atoms with Crippen LogP contribution < -0.4 is 5.56 Å². The maximum Gasteiger partial charge on any atom is 0.253 e. The first-order chi connectivity index (χ1) is 19.5. The highest BCUT2D eigenvalue weighted by atomic mass is 16.2. The summed E-state index contributed by atoms with van der Waals surface area (Å²) in [7, 11) is 0. The van der Waals surface area contributed by atoms with Crippen molar-refractivity contribution >= 4 is 5.91 Å². The van der Waals surface area contributed by atoms with Gasteiger partial charge >= 0.3 is 0 Å². The molecule has 1 fully saturated rings. The van der Waals surface area contributed by atoms with Gasteiger partial charge in [-0.05, 0) is 55.2 Å². The quantitative estimate of drug-likeness (QED) is 0.338. The van der Waals surface area contributed by atoms with E-state index in [1.807, 2.05) is 60.4 Å². The molecule has 3 aromatic heterocycles. The smallest absolute Gasteiger partial charge is 0.253 e.